The van der Waals surface area contributed by atoms with Crippen molar-refractivity contribution in [3.63, 3.8) is 0 Å². The number of hydrogen-bond acceptors (Lipinski definition) is 3. The van der Waals surface area contributed by atoms with E-state index in [-0.39, 0.29) is 30.0 Å². The first kappa shape index (κ1) is 22.7. The summed E-state index contributed by atoms with van der Waals surface area (Å²) in [4.78, 5) is 8.75. The molecule has 0 fully saturated rings. The molecule has 3 N–H and O–H groups in total. The van der Waals surface area contributed by atoms with Crippen LogP contribution < -0.4 is 10.6 Å². The van der Waals surface area contributed by atoms with E-state index in [1.807, 2.05) is 38.1 Å². The van der Waals surface area contributed by atoms with E-state index >= 15 is 0 Å². The van der Waals surface area contributed by atoms with E-state index in [0.29, 0.717) is 30.4 Å². The second kappa shape index (κ2) is 10.8. The normalized spacial score (nSPS) is 12.2. The summed E-state index contributed by atoms with van der Waals surface area (Å²) in [6, 6.07) is 11.5. The van der Waals surface area contributed by atoms with E-state index in [9.17, 15) is 8.78 Å². The van der Waals surface area contributed by atoms with Crippen LogP contribution in [0, 0.1) is 11.6 Å². The Balaban J connectivity index is 0.00000300. The number of benzene rings is 2. The highest BCUT2D eigenvalue weighted by molar-refractivity contribution is 14.0. The lowest BCUT2D eigenvalue weighted by molar-refractivity contribution is 0.504. The quantitative estimate of drug-likeness (QED) is 0.263. The molecule has 3 aromatic rings. The molecule has 0 aliphatic rings. The number of halogens is 3. The van der Waals surface area contributed by atoms with Crippen molar-refractivity contribution in [1.29, 1.82) is 0 Å². The average Bonchev–Trinajstić information content (AvgIpc) is 3.23. The van der Waals surface area contributed by atoms with Crippen LogP contribution in [0.5, 0.6) is 0 Å². The molecule has 0 saturated heterocycles. The van der Waals surface area contributed by atoms with E-state index in [2.05, 4.69) is 30.8 Å². The van der Waals surface area contributed by atoms with Crippen molar-refractivity contribution in [1.82, 2.24) is 25.8 Å². The van der Waals surface area contributed by atoms with Gasteiger partial charge < -0.3 is 10.6 Å². The topological polar surface area (TPSA) is 78.0 Å². The van der Waals surface area contributed by atoms with Crippen molar-refractivity contribution >= 4 is 29.9 Å². The van der Waals surface area contributed by atoms with E-state index in [1.165, 1.54) is 12.4 Å². The summed E-state index contributed by atoms with van der Waals surface area (Å²) in [6.07, 6.45) is 1.47. The molecular weight excluding hydrogens is 489 g/mol. The number of aromatic amines is 1. The zero-order chi connectivity index (χ0) is 19.9. The van der Waals surface area contributed by atoms with Crippen molar-refractivity contribution in [2.75, 3.05) is 6.54 Å². The van der Waals surface area contributed by atoms with Crippen molar-refractivity contribution in [2.24, 2.45) is 4.99 Å². The number of nitrogens with zero attached hydrogens (tertiary/aromatic N) is 3. The Labute approximate surface area is 185 Å². The molecule has 154 valence electrons. The number of guanidine groups is 1. The third-order valence-corrected chi connectivity index (χ3v) is 4.18. The standard InChI is InChI=1S/C20H22F2N6.HI/c1-3-23-20(27-13(2)15-7-8-17(21)18(22)10-15)24-11-14-5-4-6-16(9-14)19-25-12-26-28-19;/h4-10,12-13H,3,11H2,1-2H3,(H2,23,24,27)(H,25,26,28);1H. The lowest BCUT2D eigenvalue weighted by atomic mass is 10.1. The first-order valence-electron chi connectivity index (χ1n) is 9.01. The zero-order valence-electron chi connectivity index (χ0n) is 16.1. The highest BCUT2D eigenvalue weighted by Crippen LogP contribution is 2.17. The van der Waals surface area contributed by atoms with Gasteiger partial charge in [-0.15, -0.1) is 24.0 Å². The number of aromatic nitrogens is 3. The molecular formula is C20H23F2IN6. The maximum absolute atomic E-state index is 13.5. The molecule has 9 heteroatoms. The maximum Gasteiger partial charge on any atom is 0.192 e. The highest BCUT2D eigenvalue weighted by Gasteiger charge is 2.11. The van der Waals surface area contributed by atoms with Gasteiger partial charge in [0.25, 0.3) is 0 Å². The molecule has 1 atom stereocenters. The highest BCUT2D eigenvalue weighted by atomic mass is 127. The zero-order valence-corrected chi connectivity index (χ0v) is 18.4. The van der Waals surface area contributed by atoms with Crippen LogP contribution in [-0.4, -0.2) is 27.7 Å². The molecule has 0 saturated carbocycles. The minimum absolute atomic E-state index is 0. The molecule has 1 heterocycles. The first-order valence-corrected chi connectivity index (χ1v) is 9.01. The predicted molar refractivity (Wildman–Crippen MR) is 120 cm³/mol. The Morgan fingerprint density at radius 2 is 2.00 bits per heavy atom. The second-order valence-corrected chi connectivity index (χ2v) is 6.27. The van der Waals surface area contributed by atoms with Crippen LogP contribution in [0.2, 0.25) is 0 Å². The molecule has 0 spiro atoms. The summed E-state index contributed by atoms with van der Waals surface area (Å²) in [7, 11) is 0. The van der Waals surface area contributed by atoms with Gasteiger partial charge in [0.15, 0.2) is 23.4 Å². The summed E-state index contributed by atoms with van der Waals surface area (Å²) in [6.45, 7) is 4.95. The van der Waals surface area contributed by atoms with E-state index in [0.717, 1.165) is 17.2 Å². The SMILES string of the molecule is CCNC(=NCc1cccc(-c2ncn[nH]2)c1)NC(C)c1ccc(F)c(F)c1.I. The second-order valence-electron chi connectivity index (χ2n) is 6.27. The van der Waals surface area contributed by atoms with Crippen LogP contribution >= 0.6 is 24.0 Å². The number of H-pyrrole nitrogens is 1. The van der Waals surface area contributed by atoms with Gasteiger partial charge in [0.1, 0.15) is 6.33 Å². The van der Waals surface area contributed by atoms with Gasteiger partial charge in [-0.3, -0.25) is 5.10 Å². The molecule has 29 heavy (non-hydrogen) atoms. The minimum atomic E-state index is -0.864. The van der Waals surface area contributed by atoms with Gasteiger partial charge in [-0.1, -0.05) is 24.3 Å². The third kappa shape index (κ3) is 6.21. The molecule has 3 rings (SSSR count). The molecule has 2 aromatic carbocycles. The number of rotatable bonds is 6. The van der Waals surface area contributed by atoms with Crippen molar-refractivity contribution < 1.29 is 8.78 Å². The largest absolute Gasteiger partial charge is 0.357 e. The lowest BCUT2D eigenvalue weighted by Crippen LogP contribution is -2.38. The van der Waals surface area contributed by atoms with E-state index < -0.39 is 11.6 Å². The fraction of sp³-hybridized carbons (Fsp3) is 0.250. The van der Waals surface area contributed by atoms with Gasteiger partial charge in [0.2, 0.25) is 0 Å². The van der Waals surface area contributed by atoms with E-state index in [4.69, 9.17) is 0 Å². The lowest BCUT2D eigenvalue weighted by Gasteiger charge is -2.18. The van der Waals surface area contributed by atoms with Crippen LogP contribution in [0.4, 0.5) is 8.78 Å². The molecule has 0 aliphatic carbocycles. The predicted octanol–water partition coefficient (Wildman–Crippen LogP) is 4.18. The van der Waals surface area contributed by atoms with Crippen molar-refractivity contribution in [3.8, 4) is 11.4 Å². The van der Waals surface area contributed by atoms with Crippen molar-refractivity contribution in [2.45, 2.75) is 26.4 Å². The number of aliphatic imine (C=N–C) groups is 1. The van der Waals surface area contributed by atoms with Gasteiger partial charge in [0, 0.05) is 12.1 Å². The summed E-state index contributed by atoms with van der Waals surface area (Å²) in [5.74, 6) is -0.437. The van der Waals surface area contributed by atoms with Crippen LogP contribution in [0.1, 0.15) is 31.0 Å². The molecule has 0 radical (unpaired) electrons. The Kier molecular flexibility index (Phi) is 8.50. The molecule has 0 bridgehead atoms. The van der Waals surface area contributed by atoms with Gasteiger partial charge in [0.05, 0.1) is 12.6 Å². The van der Waals surface area contributed by atoms with Gasteiger partial charge in [-0.2, -0.15) is 5.10 Å². The third-order valence-electron chi connectivity index (χ3n) is 4.18. The molecule has 6 nitrogen and oxygen atoms in total. The minimum Gasteiger partial charge on any atom is -0.357 e. The maximum atomic E-state index is 13.5. The fourth-order valence-corrected chi connectivity index (χ4v) is 2.72. The monoisotopic (exact) mass is 512 g/mol. The fourth-order valence-electron chi connectivity index (χ4n) is 2.72. The van der Waals surface area contributed by atoms with Crippen LogP contribution in [0.3, 0.4) is 0 Å². The van der Waals surface area contributed by atoms with Crippen LogP contribution in [-0.2, 0) is 6.54 Å². The Morgan fingerprint density at radius 3 is 2.69 bits per heavy atom. The summed E-state index contributed by atoms with van der Waals surface area (Å²) in [5.41, 5.74) is 2.57. The first-order chi connectivity index (χ1) is 13.6. The molecule has 0 aliphatic heterocycles. The smallest absolute Gasteiger partial charge is 0.192 e. The summed E-state index contributed by atoms with van der Waals surface area (Å²) >= 11 is 0. The van der Waals surface area contributed by atoms with Crippen LogP contribution in [0.25, 0.3) is 11.4 Å². The average molecular weight is 512 g/mol. The molecule has 1 unspecified atom stereocenters. The Morgan fingerprint density at radius 1 is 1.17 bits per heavy atom. The van der Waals surface area contributed by atoms with Gasteiger partial charge >= 0.3 is 0 Å². The van der Waals surface area contributed by atoms with E-state index in [1.54, 1.807) is 6.07 Å². The Hall–Kier alpha value is -2.56. The molecule has 1 aromatic heterocycles. The van der Waals surface area contributed by atoms with Gasteiger partial charge in [-0.05, 0) is 43.2 Å². The van der Waals surface area contributed by atoms with Crippen molar-refractivity contribution in [3.05, 3.63) is 71.6 Å². The number of nitrogens with one attached hydrogen (secondary N) is 3. The number of hydrogen-bond donors (Lipinski definition) is 3. The Bertz CT molecular complexity index is 946. The van der Waals surface area contributed by atoms with Crippen LogP contribution in [0.15, 0.2) is 53.8 Å². The summed E-state index contributed by atoms with van der Waals surface area (Å²) in [5, 5.41) is 13.1. The van der Waals surface area contributed by atoms with Gasteiger partial charge in [-0.25, -0.2) is 18.8 Å². The molecule has 0 amide bonds. The summed E-state index contributed by atoms with van der Waals surface area (Å²) < 4.78 is 26.6.